The Hall–Kier alpha value is -1.76. The molecule has 0 spiro atoms. The summed E-state index contributed by atoms with van der Waals surface area (Å²) in [7, 11) is 0. The normalized spacial score (nSPS) is 11.9. The van der Waals surface area contributed by atoms with Crippen molar-refractivity contribution in [1.29, 1.82) is 0 Å². The molecule has 0 fully saturated rings. The average Bonchev–Trinajstić information content (AvgIpc) is 2.69. The first-order chi connectivity index (χ1) is 12.5. The molecule has 0 saturated heterocycles. The van der Waals surface area contributed by atoms with Gasteiger partial charge in [-0.15, -0.1) is 6.04 Å². The number of nitrogens with one attached hydrogen (secondary N) is 1. The van der Waals surface area contributed by atoms with Gasteiger partial charge in [0.1, 0.15) is 0 Å². The standard InChI is InChI=1S/C15H15N.C10H14.CH3.Ru/c1-12(13-8-4-2-5-9-13)15(16)14-10-6-3-7-11-14;1-8(2)10-6-4-9(3)5-7-10;;/h2-12,15-16H,1H2;4-8H,1-3H3;1H3;/q-2;;-1;+3/t12-,15+;;;/m0.../s1. The van der Waals surface area contributed by atoms with Gasteiger partial charge >= 0.3 is 19.5 Å². The van der Waals surface area contributed by atoms with E-state index in [2.05, 4.69) is 52.0 Å². The van der Waals surface area contributed by atoms with E-state index in [4.69, 9.17) is 5.73 Å². The van der Waals surface area contributed by atoms with E-state index < -0.39 is 0 Å². The predicted molar refractivity (Wildman–Crippen MR) is 120 cm³/mol. The van der Waals surface area contributed by atoms with Gasteiger partial charge in [-0.05, 0) is 18.4 Å². The molecule has 3 aromatic rings. The van der Waals surface area contributed by atoms with Crippen molar-refractivity contribution in [2.24, 2.45) is 0 Å². The van der Waals surface area contributed by atoms with E-state index in [9.17, 15) is 0 Å². The van der Waals surface area contributed by atoms with Crippen molar-refractivity contribution in [2.75, 3.05) is 0 Å². The molecular formula is C26H32NRu. The molecule has 1 nitrogen and oxygen atoms in total. The molecule has 0 aromatic heterocycles. The second-order valence-corrected chi connectivity index (χ2v) is 6.97. The van der Waals surface area contributed by atoms with Crippen molar-refractivity contribution in [3.8, 4) is 0 Å². The maximum atomic E-state index is 8.19. The molecule has 1 N–H and O–H groups in total. The number of rotatable bonds is 4. The van der Waals surface area contributed by atoms with E-state index in [0.717, 1.165) is 11.1 Å². The zero-order valence-electron chi connectivity index (χ0n) is 17.4. The fourth-order valence-electron chi connectivity index (χ4n) is 2.74. The molecule has 1 radical (unpaired) electrons. The third kappa shape index (κ3) is 8.09. The van der Waals surface area contributed by atoms with Gasteiger partial charge in [-0.1, -0.05) is 115 Å². The Morgan fingerprint density at radius 1 is 0.679 bits per heavy atom. The SMILES string of the molecule is Cc1ccc(C(C)C)cc1.[CH2-][C@@H](c1ccccc1)[C@@H]([NH-])c1ccccc1.[CH3-].[Ru+3]. The molecule has 3 aromatic carbocycles. The van der Waals surface area contributed by atoms with Gasteiger partial charge in [0.05, 0.1) is 0 Å². The van der Waals surface area contributed by atoms with Crippen molar-refractivity contribution >= 4 is 0 Å². The van der Waals surface area contributed by atoms with Gasteiger partial charge in [0, 0.05) is 0 Å². The summed E-state index contributed by atoms with van der Waals surface area (Å²) in [5.74, 6) is 0.629. The Kier molecular flexibility index (Phi) is 12.6. The van der Waals surface area contributed by atoms with Crippen molar-refractivity contribution in [3.05, 3.63) is 127 Å². The Morgan fingerprint density at radius 3 is 1.54 bits per heavy atom. The van der Waals surface area contributed by atoms with Gasteiger partial charge in [0.15, 0.2) is 0 Å². The first kappa shape index (κ1) is 26.2. The molecule has 149 valence electrons. The van der Waals surface area contributed by atoms with Crippen molar-refractivity contribution in [1.82, 2.24) is 0 Å². The summed E-state index contributed by atoms with van der Waals surface area (Å²) in [6.07, 6.45) is 0. The van der Waals surface area contributed by atoms with Gasteiger partial charge in [-0.3, -0.25) is 0 Å². The maximum Gasteiger partial charge on any atom is 3.00 e. The molecule has 0 aliphatic carbocycles. The molecule has 0 aliphatic heterocycles. The first-order valence-electron chi connectivity index (χ1n) is 9.19. The number of hydrogen-bond donors (Lipinski definition) is 0. The minimum Gasteiger partial charge on any atom is -0.672 e. The van der Waals surface area contributed by atoms with Gasteiger partial charge in [0.2, 0.25) is 0 Å². The Morgan fingerprint density at radius 2 is 1.11 bits per heavy atom. The van der Waals surface area contributed by atoms with E-state index in [1.807, 2.05) is 60.7 Å². The molecule has 0 aliphatic rings. The van der Waals surface area contributed by atoms with Crippen LogP contribution in [-0.4, -0.2) is 0 Å². The summed E-state index contributed by atoms with van der Waals surface area (Å²) in [5, 5.41) is 0. The zero-order chi connectivity index (χ0) is 18.9. The third-order valence-corrected chi connectivity index (χ3v) is 4.53. The van der Waals surface area contributed by atoms with E-state index in [-0.39, 0.29) is 38.9 Å². The third-order valence-electron chi connectivity index (χ3n) is 4.53. The van der Waals surface area contributed by atoms with E-state index in [0.29, 0.717) is 5.92 Å². The van der Waals surface area contributed by atoms with Gasteiger partial charge < -0.3 is 20.1 Å². The maximum absolute atomic E-state index is 8.19. The van der Waals surface area contributed by atoms with Crippen LogP contribution >= 0.6 is 0 Å². The van der Waals surface area contributed by atoms with Crippen LogP contribution in [0.15, 0.2) is 84.9 Å². The van der Waals surface area contributed by atoms with Crippen LogP contribution in [0.4, 0.5) is 0 Å². The van der Waals surface area contributed by atoms with Crippen LogP contribution in [0.1, 0.15) is 54.0 Å². The van der Waals surface area contributed by atoms with Crippen LogP contribution in [0.3, 0.4) is 0 Å². The fourth-order valence-corrected chi connectivity index (χ4v) is 2.74. The van der Waals surface area contributed by atoms with E-state index in [1.54, 1.807) is 0 Å². The Balaban J connectivity index is 0.000000532. The molecule has 0 heterocycles. The second kappa shape index (κ2) is 13.4. The Bertz CT molecular complexity index is 708. The summed E-state index contributed by atoms with van der Waals surface area (Å²) in [5.41, 5.74) is 13.1. The second-order valence-electron chi connectivity index (χ2n) is 6.97. The zero-order valence-corrected chi connectivity index (χ0v) is 19.1. The largest absolute Gasteiger partial charge is 3.00 e. The smallest absolute Gasteiger partial charge is 0.672 e. The minimum atomic E-state index is -0.302. The van der Waals surface area contributed by atoms with Crippen molar-refractivity contribution < 1.29 is 19.5 Å². The van der Waals surface area contributed by atoms with Gasteiger partial charge in [0.25, 0.3) is 0 Å². The summed E-state index contributed by atoms with van der Waals surface area (Å²) < 4.78 is 0. The Labute approximate surface area is 185 Å². The van der Waals surface area contributed by atoms with Crippen LogP contribution in [0.5, 0.6) is 0 Å². The van der Waals surface area contributed by atoms with E-state index >= 15 is 0 Å². The molecule has 2 heteroatoms. The van der Waals surface area contributed by atoms with Crippen LogP contribution < -0.4 is 0 Å². The molecular weight excluding hydrogens is 427 g/mol. The number of hydrogen-bond acceptors (Lipinski definition) is 0. The fraction of sp³-hybridized carbons (Fsp3) is 0.231. The van der Waals surface area contributed by atoms with Crippen LogP contribution in [0, 0.1) is 21.3 Å². The predicted octanol–water partition coefficient (Wildman–Crippen LogP) is 7.96. The van der Waals surface area contributed by atoms with Crippen LogP contribution in [-0.2, 0) is 19.5 Å². The molecule has 0 bridgehead atoms. The topological polar surface area (TPSA) is 23.8 Å². The molecule has 28 heavy (non-hydrogen) atoms. The summed E-state index contributed by atoms with van der Waals surface area (Å²) in [6.45, 7) is 10.6. The molecule has 2 atom stereocenters. The monoisotopic (exact) mass is 460 g/mol. The van der Waals surface area contributed by atoms with E-state index in [1.165, 1.54) is 11.1 Å². The number of benzene rings is 3. The molecule has 0 saturated carbocycles. The molecule has 0 unspecified atom stereocenters. The summed E-state index contributed by atoms with van der Waals surface area (Å²) in [4.78, 5) is 0. The van der Waals surface area contributed by atoms with Crippen molar-refractivity contribution in [2.45, 2.75) is 38.6 Å². The van der Waals surface area contributed by atoms with Gasteiger partial charge in [-0.25, -0.2) is 0 Å². The quantitative estimate of drug-likeness (QED) is 0.279. The average molecular weight is 460 g/mol. The summed E-state index contributed by atoms with van der Waals surface area (Å²) in [6, 6.07) is 28.3. The number of aryl methyl sites for hydroxylation is 1. The molecule has 0 amide bonds. The summed E-state index contributed by atoms with van der Waals surface area (Å²) >= 11 is 0. The van der Waals surface area contributed by atoms with Crippen molar-refractivity contribution in [3.63, 3.8) is 0 Å². The van der Waals surface area contributed by atoms with Crippen LogP contribution in [0.2, 0.25) is 0 Å². The minimum absolute atomic E-state index is 0. The first-order valence-corrected chi connectivity index (χ1v) is 9.19. The molecule has 3 rings (SSSR count). The van der Waals surface area contributed by atoms with Gasteiger partial charge in [-0.2, -0.15) is 5.92 Å². The van der Waals surface area contributed by atoms with Crippen LogP contribution in [0.25, 0.3) is 5.73 Å².